The zero-order valence-corrected chi connectivity index (χ0v) is 16.8. The Bertz CT molecular complexity index is 551. The summed E-state index contributed by atoms with van der Waals surface area (Å²) in [4.78, 5) is 12.6. The number of benzene rings is 1. The molecule has 0 aliphatic rings. The first-order chi connectivity index (χ1) is 11.1. The van der Waals surface area contributed by atoms with E-state index in [2.05, 4.69) is 20.1 Å². The van der Waals surface area contributed by atoms with Crippen LogP contribution in [0.25, 0.3) is 0 Å². The van der Waals surface area contributed by atoms with Gasteiger partial charge < -0.3 is 0 Å². The van der Waals surface area contributed by atoms with Crippen molar-refractivity contribution >= 4 is 43.0 Å². The topological polar surface area (TPSA) is 17.1 Å². The number of carbonyl (C=O) groups excluding carboxylic acids is 1. The molecule has 0 saturated heterocycles. The van der Waals surface area contributed by atoms with Crippen LogP contribution in [0.2, 0.25) is 5.02 Å². The minimum absolute atomic E-state index is 0.193. The number of hydrogen-bond donors (Lipinski definition) is 0. The van der Waals surface area contributed by atoms with Crippen LogP contribution in [0.4, 0.5) is 0 Å². The third kappa shape index (κ3) is 7.58. The molecule has 0 amide bonds. The van der Waals surface area contributed by atoms with Crippen molar-refractivity contribution < 1.29 is 4.79 Å². The van der Waals surface area contributed by atoms with Gasteiger partial charge in [-0.1, -0.05) is 0 Å². The van der Waals surface area contributed by atoms with Crippen molar-refractivity contribution in [1.29, 1.82) is 0 Å². The van der Waals surface area contributed by atoms with E-state index in [1.165, 1.54) is 9.38 Å². The van der Waals surface area contributed by atoms with Gasteiger partial charge in [-0.25, -0.2) is 0 Å². The Morgan fingerprint density at radius 3 is 2.35 bits per heavy atom. The fourth-order valence-electron chi connectivity index (χ4n) is 1.84. The predicted octanol–water partition coefficient (Wildman–Crippen LogP) is 6.08. The molecule has 1 aromatic rings. The molecule has 0 N–H and O–H groups in total. The van der Waals surface area contributed by atoms with Gasteiger partial charge in [0.15, 0.2) is 0 Å². The first kappa shape index (κ1) is 20.3. The van der Waals surface area contributed by atoms with Crippen LogP contribution >= 0.6 is 23.4 Å². The second-order valence-electron chi connectivity index (χ2n) is 4.98. The van der Waals surface area contributed by atoms with Gasteiger partial charge in [-0.3, -0.25) is 0 Å². The molecule has 0 unspecified atom stereocenters. The molecule has 0 aliphatic heterocycles. The molecule has 0 aromatic heterocycles. The Kier molecular flexibility index (Phi) is 10.4. The molecule has 1 aromatic carbocycles. The number of rotatable bonds is 11. The van der Waals surface area contributed by atoms with E-state index in [1.54, 1.807) is 24.3 Å². The predicted molar refractivity (Wildman–Crippen MR) is 106 cm³/mol. The molecule has 0 heterocycles. The Morgan fingerprint density at radius 2 is 1.83 bits per heavy atom. The van der Waals surface area contributed by atoms with Crippen molar-refractivity contribution in [3.63, 3.8) is 0 Å². The van der Waals surface area contributed by atoms with Crippen LogP contribution in [0.5, 0.6) is 0 Å². The van der Waals surface area contributed by atoms with E-state index in [9.17, 15) is 4.79 Å². The summed E-state index contributed by atoms with van der Waals surface area (Å²) < 4.78 is 1.42. The molecule has 0 aliphatic carbocycles. The number of unbranched alkanes of at least 4 members (excludes halogenated alkanes) is 1. The molecule has 4 heteroatoms. The maximum atomic E-state index is 12.6. The summed E-state index contributed by atoms with van der Waals surface area (Å²) in [6, 6.07) is 7.16. The Balaban J connectivity index is 2.95. The second kappa shape index (κ2) is 11.8. The van der Waals surface area contributed by atoms with Crippen molar-refractivity contribution in [2.24, 2.45) is 0 Å². The van der Waals surface area contributed by atoms with Gasteiger partial charge in [-0.15, -0.1) is 0 Å². The quantitative estimate of drug-likeness (QED) is 0.248. The third-order valence-corrected chi connectivity index (χ3v) is 7.42. The standard InChI is InChI=1S/C19H23ClOSSe/c1-4-7-14-22-19(16(8-5-2)9-6-3)23-18(21)15-10-12-17(20)13-11-15/h5-6,10-13H,2-4,7-9,14H2,1H3. The number of halogens is 1. The van der Waals surface area contributed by atoms with Gasteiger partial charge in [0, 0.05) is 0 Å². The van der Waals surface area contributed by atoms with Gasteiger partial charge in [0.05, 0.1) is 0 Å². The SMILES string of the molecule is C=CCC(CC=C)=C(SCCCC)[Se]C(=O)c1ccc(Cl)cc1. The normalized spacial score (nSPS) is 10.2. The zero-order chi connectivity index (χ0) is 17.1. The summed E-state index contributed by atoms with van der Waals surface area (Å²) in [6.45, 7) is 9.86. The third-order valence-electron chi connectivity index (χ3n) is 3.07. The molecule has 0 atom stereocenters. The number of allylic oxidation sites excluding steroid dienone is 3. The fourth-order valence-corrected chi connectivity index (χ4v) is 5.84. The van der Waals surface area contributed by atoms with Crippen LogP contribution < -0.4 is 0 Å². The van der Waals surface area contributed by atoms with Crippen LogP contribution in [0.15, 0.2) is 59.0 Å². The second-order valence-corrected chi connectivity index (χ2v) is 9.16. The number of carbonyl (C=O) groups is 1. The van der Waals surface area contributed by atoms with Crippen molar-refractivity contribution in [1.82, 2.24) is 0 Å². The van der Waals surface area contributed by atoms with Gasteiger partial charge in [0.1, 0.15) is 0 Å². The summed E-state index contributed by atoms with van der Waals surface area (Å²) in [7, 11) is 0. The monoisotopic (exact) mass is 414 g/mol. The molecule has 1 rings (SSSR count). The zero-order valence-electron chi connectivity index (χ0n) is 13.5. The summed E-state index contributed by atoms with van der Waals surface area (Å²) in [5, 5.41) is 0.654. The summed E-state index contributed by atoms with van der Waals surface area (Å²) in [6.07, 6.45) is 7.77. The van der Waals surface area contributed by atoms with E-state index >= 15 is 0 Å². The van der Waals surface area contributed by atoms with Crippen molar-refractivity contribution in [3.05, 3.63) is 69.5 Å². The summed E-state index contributed by atoms with van der Waals surface area (Å²) in [5.41, 5.74) is 2.01. The Morgan fingerprint density at radius 1 is 1.22 bits per heavy atom. The van der Waals surface area contributed by atoms with Crippen molar-refractivity contribution in [3.8, 4) is 0 Å². The van der Waals surface area contributed by atoms with Crippen molar-refractivity contribution in [2.75, 3.05) is 5.75 Å². The van der Waals surface area contributed by atoms with Gasteiger partial charge >= 0.3 is 156 Å². The van der Waals surface area contributed by atoms with E-state index in [0.717, 1.165) is 37.0 Å². The molecule has 0 radical (unpaired) electrons. The average molecular weight is 414 g/mol. The van der Waals surface area contributed by atoms with Crippen LogP contribution in [0.1, 0.15) is 43.0 Å². The Labute approximate surface area is 155 Å². The van der Waals surface area contributed by atoms with Crippen LogP contribution in [-0.4, -0.2) is 25.4 Å². The van der Waals surface area contributed by atoms with E-state index < -0.39 is 0 Å². The van der Waals surface area contributed by atoms with E-state index in [1.807, 2.05) is 23.9 Å². The minimum atomic E-state index is -0.215. The number of hydrogen-bond acceptors (Lipinski definition) is 2. The van der Waals surface area contributed by atoms with E-state index in [-0.39, 0.29) is 19.6 Å². The first-order valence-corrected chi connectivity index (χ1v) is 10.7. The summed E-state index contributed by atoms with van der Waals surface area (Å²) in [5.74, 6) is 1.05. The van der Waals surface area contributed by atoms with E-state index in [0.29, 0.717) is 5.02 Å². The fraction of sp³-hybridized carbons (Fsp3) is 0.316. The molecular formula is C19H23ClOSSe. The number of thioether (sulfide) groups is 1. The van der Waals surface area contributed by atoms with Gasteiger partial charge in [0.25, 0.3) is 0 Å². The molecule has 124 valence electrons. The maximum absolute atomic E-state index is 12.6. The molecule has 0 saturated carbocycles. The molecule has 1 nitrogen and oxygen atoms in total. The van der Waals surface area contributed by atoms with Crippen LogP contribution in [-0.2, 0) is 0 Å². The van der Waals surface area contributed by atoms with Gasteiger partial charge in [-0.2, -0.15) is 0 Å². The first-order valence-electron chi connectivity index (χ1n) is 7.66. The summed E-state index contributed by atoms with van der Waals surface area (Å²) >= 11 is 7.51. The Hall–Kier alpha value is -0.731. The molecule has 0 bridgehead atoms. The van der Waals surface area contributed by atoms with E-state index in [4.69, 9.17) is 11.6 Å². The average Bonchev–Trinajstić information content (AvgIpc) is 2.54. The van der Waals surface area contributed by atoms with Crippen LogP contribution in [0, 0.1) is 0 Å². The van der Waals surface area contributed by atoms with Gasteiger partial charge in [-0.05, 0) is 0 Å². The molecule has 0 fully saturated rings. The van der Waals surface area contributed by atoms with Crippen LogP contribution in [0.3, 0.4) is 0 Å². The molecule has 0 spiro atoms. The molecular weight excluding hydrogens is 391 g/mol. The van der Waals surface area contributed by atoms with Crippen molar-refractivity contribution in [2.45, 2.75) is 32.6 Å². The molecule has 23 heavy (non-hydrogen) atoms. The van der Waals surface area contributed by atoms with Gasteiger partial charge in [0.2, 0.25) is 0 Å².